The molecule has 2 heterocycles. The van der Waals surface area contributed by atoms with E-state index in [1.165, 1.54) is 63.7 Å². The quantitative estimate of drug-likeness (QED) is 0.909. The summed E-state index contributed by atoms with van der Waals surface area (Å²) in [7, 11) is 2.25. The summed E-state index contributed by atoms with van der Waals surface area (Å²) in [5.74, 6) is 0.774. The molecule has 1 aromatic carbocycles. The zero-order valence-electron chi connectivity index (χ0n) is 12.8. The van der Waals surface area contributed by atoms with Gasteiger partial charge in [-0.3, -0.25) is 0 Å². The second-order valence-corrected chi connectivity index (χ2v) is 6.67. The van der Waals surface area contributed by atoms with Crippen molar-refractivity contribution in [2.75, 3.05) is 26.7 Å². The van der Waals surface area contributed by atoms with Gasteiger partial charge in [-0.2, -0.15) is 0 Å². The molecule has 2 unspecified atom stereocenters. The lowest BCUT2D eigenvalue weighted by molar-refractivity contribution is 0.347. The van der Waals surface area contributed by atoms with Crippen LogP contribution in [0.15, 0.2) is 24.3 Å². The molecule has 0 bridgehead atoms. The van der Waals surface area contributed by atoms with Crippen LogP contribution in [-0.2, 0) is 6.42 Å². The second-order valence-electron chi connectivity index (χ2n) is 6.67. The number of hydrogen-bond donors (Lipinski definition) is 1. The van der Waals surface area contributed by atoms with Gasteiger partial charge in [0.05, 0.1) is 0 Å². The normalized spacial score (nSPS) is 28.4. The van der Waals surface area contributed by atoms with E-state index in [9.17, 15) is 0 Å². The highest BCUT2D eigenvalue weighted by atomic mass is 15.1. The summed E-state index contributed by atoms with van der Waals surface area (Å²) >= 11 is 0. The largest absolute Gasteiger partial charge is 0.314 e. The number of benzene rings is 1. The second kappa shape index (κ2) is 6.73. The Hall–Kier alpha value is -0.860. The molecule has 0 saturated carbocycles. The molecule has 2 saturated heterocycles. The highest BCUT2D eigenvalue weighted by Crippen LogP contribution is 2.28. The van der Waals surface area contributed by atoms with Gasteiger partial charge in [0.1, 0.15) is 0 Å². The third kappa shape index (κ3) is 3.62. The molecule has 0 spiro atoms. The van der Waals surface area contributed by atoms with E-state index in [2.05, 4.69) is 41.5 Å². The molecule has 3 rings (SSSR count). The molecule has 20 heavy (non-hydrogen) atoms. The molecule has 1 aromatic rings. The minimum Gasteiger partial charge on any atom is -0.314 e. The zero-order chi connectivity index (χ0) is 13.8. The van der Waals surface area contributed by atoms with E-state index in [0.717, 1.165) is 5.92 Å². The molecule has 0 aromatic heterocycles. The van der Waals surface area contributed by atoms with Crippen LogP contribution in [0.5, 0.6) is 0 Å². The van der Waals surface area contributed by atoms with Crippen molar-refractivity contribution in [3.8, 4) is 0 Å². The molecule has 0 amide bonds. The van der Waals surface area contributed by atoms with Gasteiger partial charge in [-0.25, -0.2) is 0 Å². The molecule has 0 radical (unpaired) electrons. The Bertz CT molecular complexity index is 423. The molecule has 2 nitrogen and oxygen atoms in total. The maximum absolute atomic E-state index is 3.61. The summed E-state index contributed by atoms with van der Waals surface area (Å²) in [6.45, 7) is 3.72. The summed E-state index contributed by atoms with van der Waals surface area (Å²) < 4.78 is 0. The van der Waals surface area contributed by atoms with Crippen LogP contribution in [0, 0.1) is 0 Å². The van der Waals surface area contributed by atoms with Crippen molar-refractivity contribution >= 4 is 0 Å². The Morgan fingerprint density at radius 2 is 2.10 bits per heavy atom. The fourth-order valence-corrected chi connectivity index (χ4v) is 3.76. The highest BCUT2D eigenvalue weighted by Gasteiger charge is 2.18. The van der Waals surface area contributed by atoms with Gasteiger partial charge in [0.25, 0.3) is 0 Å². The van der Waals surface area contributed by atoms with Crippen LogP contribution in [0.25, 0.3) is 0 Å². The van der Waals surface area contributed by atoms with E-state index in [1.807, 2.05) is 0 Å². The molecular formula is C18H28N2. The number of likely N-dealkylation sites (tertiary alicyclic amines) is 1. The van der Waals surface area contributed by atoms with E-state index in [1.54, 1.807) is 5.56 Å². The monoisotopic (exact) mass is 272 g/mol. The first-order valence-electron chi connectivity index (χ1n) is 8.32. The molecule has 0 aliphatic carbocycles. The van der Waals surface area contributed by atoms with E-state index in [4.69, 9.17) is 0 Å². The van der Waals surface area contributed by atoms with Gasteiger partial charge in [-0.1, -0.05) is 24.3 Å². The van der Waals surface area contributed by atoms with Crippen molar-refractivity contribution in [3.05, 3.63) is 35.4 Å². The molecular weight excluding hydrogens is 244 g/mol. The number of rotatable bonds is 3. The van der Waals surface area contributed by atoms with E-state index < -0.39 is 0 Å². The van der Waals surface area contributed by atoms with Crippen LogP contribution in [0.1, 0.15) is 49.1 Å². The number of nitrogens with zero attached hydrogens (tertiary/aromatic N) is 1. The van der Waals surface area contributed by atoms with Crippen molar-refractivity contribution in [2.45, 2.75) is 50.5 Å². The minimum atomic E-state index is 0.713. The third-order valence-corrected chi connectivity index (χ3v) is 5.02. The lowest BCUT2D eigenvalue weighted by atomic mass is 9.90. The third-order valence-electron chi connectivity index (χ3n) is 5.02. The van der Waals surface area contributed by atoms with Gasteiger partial charge in [-0.15, -0.1) is 0 Å². The van der Waals surface area contributed by atoms with E-state index in [0.29, 0.717) is 6.04 Å². The van der Waals surface area contributed by atoms with Gasteiger partial charge in [0.2, 0.25) is 0 Å². The zero-order valence-corrected chi connectivity index (χ0v) is 12.8. The van der Waals surface area contributed by atoms with Crippen molar-refractivity contribution in [3.63, 3.8) is 0 Å². The molecule has 2 heteroatoms. The summed E-state index contributed by atoms with van der Waals surface area (Å²) in [6, 6.07) is 10.1. The SMILES string of the molecule is CN1CCCC(c2cccc(CC3CCCN3)c2)CC1. The molecule has 2 aliphatic rings. The van der Waals surface area contributed by atoms with Crippen molar-refractivity contribution in [1.82, 2.24) is 10.2 Å². The smallest absolute Gasteiger partial charge is 0.0108 e. The van der Waals surface area contributed by atoms with Crippen LogP contribution in [0.4, 0.5) is 0 Å². The van der Waals surface area contributed by atoms with Crippen LogP contribution < -0.4 is 5.32 Å². The average molecular weight is 272 g/mol. The Balaban J connectivity index is 1.66. The molecule has 2 aliphatic heterocycles. The standard InChI is InChI=1S/C18H28N2/c1-20-11-4-7-16(9-12-20)17-6-2-5-15(13-17)14-18-8-3-10-19-18/h2,5-6,13,16,18-19H,3-4,7-12,14H2,1H3. The summed E-state index contributed by atoms with van der Waals surface area (Å²) in [5, 5.41) is 3.61. The van der Waals surface area contributed by atoms with Crippen LogP contribution in [-0.4, -0.2) is 37.6 Å². The van der Waals surface area contributed by atoms with Crippen molar-refractivity contribution in [1.29, 1.82) is 0 Å². The Labute approximate surface area is 123 Å². The first kappa shape index (κ1) is 14.1. The first-order valence-corrected chi connectivity index (χ1v) is 8.32. The van der Waals surface area contributed by atoms with Crippen molar-refractivity contribution < 1.29 is 0 Å². The van der Waals surface area contributed by atoms with Crippen molar-refractivity contribution in [2.24, 2.45) is 0 Å². The van der Waals surface area contributed by atoms with Crippen LogP contribution in [0.2, 0.25) is 0 Å². The lowest BCUT2D eigenvalue weighted by Gasteiger charge is -2.17. The van der Waals surface area contributed by atoms with Gasteiger partial charge < -0.3 is 10.2 Å². The Morgan fingerprint density at radius 3 is 2.95 bits per heavy atom. The van der Waals surface area contributed by atoms with Gasteiger partial charge in [0, 0.05) is 6.04 Å². The topological polar surface area (TPSA) is 15.3 Å². The minimum absolute atomic E-state index is 0.713. The summed E-state index contributed by atoms with van der Waals surface area (Å²) in [4.78, 5) is 2.48. The van der Waals surface area contributed by atoms with Crippen LogP contribution in [0.3, 0.4) is 0 Å². The molecule has 2 fully saturated rings. The fourth-order valence-electron chi connectivity index (χ4n) is 3.76. The van der Waals surface area contributed by atoms with E-state index in [-0.39, 0.29) is 0 Å². The van der Waals surface area contributed by atoms with Gasteiger partial charge in [0.15, 0.2) is 0 Å². The number of nitrogens with one attached hydrogen (secondary N) is 1. The number of hydrogen-bond acceptors (Lipinski definition) is 2. The highest BCUT2D eigenvalue weighted by molar-refractivity contribution is 5.27. The molecule has 1 N–H and O–H groups in total. The maximum Gasteiger partial charge on any atom is 0.0108 e. The van der Waals surface area contributed by atoms with Gasteiger partial charge >= 0.3 is 0 Å². The Kier molecular flexibility index (Phi) is 4.74. The summed E-state index contributed by atoms with van der Waals surface area (Å²) in [6.07, 6.45) is 7.92. The predicted octanol–water partition coefficient (Wildman–Crippen LogP) is 3.18. The van der Waals surface area contributed by atoms with E-state index >= 15 is 0 Å². The average Bonchev–Trinajstić information content (AvgIpc) is 2.86. The Morgan fingerprint density at radius 1 is 1.15 bits per heavy atom. The van der Waals surface area contributed by atoms with Crippen LogP contribution >= 0.6 is 0 Å². The lowest BCUT2D eigenvalue weighted by Crippen LogP contribution is -2.23. The van der Waals surface area contributed by atoms with Gasteiger partial charge in [-0.05, 0) is 82.3 Å². The predicted molar refractivity (Wildman–Crippen MR) is 85.3 cm³/mol. The summed E-state index contributed by atoms with van der Waals surface area (Å²) in [5.41, 5.74) is 3.11. The maximum atomic E-state index is 3.61. The molecule has 110 valence electrons. The first-order chi connectivity index (χ1) is 9.81. The fraction of sp³-hybridized carbons (Fsp3) is 0.667. The molecule has 2 atom stereocenters.